The summed E-state index contributed by atoms with van der Waals surface area (Å²) in [6.45, 7) is 0. The minimum Gasteiger partial charge on any atom is -0.497 e. The lowest BCUT2D eigenvalue weighted by molar-refractivity contribution is -0.118. The molecular weight excluding hydrogens is 228 g/mol. The Hall–Kier alpha value is -1.56. The van der Waals surface area contributed by atoms with Gasteiger partial charge in [-0.25, -0.2) is 0 Å². The van der Waals surface area contributed by atoms with E-state index >= 15 is 0 Å². The first kappa shape index (κ1) is 12.5. The van der Waals surface area contributed by atoms with Crippen molar-refractivity contribution in [1.29, 1.82) is 0 Å². The first-order valence-corrected chi connectivity index (χ1v) is 5.93. The van der Waals surface area contributed by atoms with Gasteiger partial charge >= 0.3 is 0 Å². The number of nitrogens with two attached hydrogens (primary N) is 1. The number of nitrogens with one attached hydrogen (secondary N) is 1. The van der Waals surface area contributed by atoms with Gasteiger partial charge in [-0.1, -0.05) is 0 Å². The molecule has 0 aromatic heterocycles. The fourth-order valence-corrected chi connectivity index (χ4v) is 2.22. The normalized spacial score (nSPS) is 11.9. The van der Waals surface area contributed by atoms with Gasteiger partial charge in [0.25, 0.3) is 0 Å². The summed E-state index contributed by atoms with van der Waals surface area (Å²) >= 11 is 0. The molecule has 1 unspecified atom stereocenters. The molecular formula is C10H14N2O3S. The van der Waals surface area contributed by atoms with Gasteiger partial charge in [-0.05, 0) is 18.2 Å². The largest absolute Gasteiger partial charge is 0.497 e. The average molecular weight is 242 g/mol. The van der Waals surface area contributed by atoms with E-state index in [9.17, 15) is 9.00 Å². The van der Waals surface area contributed by atoms with Crippen LogP contribution in [0.5, 0.6) is 5.75 Å². The van der Waals surface area contributed by atoms with Crippen LogP contribution in [0.1, 0.15) is 0 Å². The number of ether oxygens (including phenoxy) is 1. The topological polar surface area (TPSA) is 81.4 Å². The molecule has 0 radical (unpaired) electrons. The third kappa shape index (κ3) is 2.96. The Morgan fingerprint density at radius 1 is 1.56 bits per heavy atom. The summed E-state index contributed by atoms with van der Waals surface area (Å²) in [5.41, 5.74) is 6.07. The van der Waals surface area contributed by atoms with Gasteiger partial charge in [-0.2, -0.15) is 0 Å². The van der Waals surface area contributed by atoms with Gasteiger partial charge in [0.2, 0.25) is 5.91 Å². The molecule has 5 nitrogen and oxygen atoms in total. The average Bonchev–Trinajstić information content (AvgIpc) is 2.29. The van der Waals surface area contributed by atoms with E-state index in [1.54, 1.807) is 18.2 Å². The quantitative estimate of drug-likeness (QED) is 0.735. The van der Waals surface area contributed by atoms with Crippen LogP contribution in [-0.4, -0.2) is 30.0 Å². The van der Waals surface area contributed by atoms with Crippen molar-refractivity contribution >= 4 is 22.4 Å². The summed E-state index contributed by atoms with van der Waals surface area (Å²) in [5.74, 6) is 0.170. The van der Waals surface area contributed by atoms with E-state index < -0.39 is 10.8 Å². The second-order valence-electron chi connectivity index (χ2n) is 3.07. The highest BCUT2D eigenvalue weighted by Crippen LogP contribution is 2.22. The maximum Gasteiger partial charge on any atom is 0.232 e. The molecule has 1 atom stereocenters. The van der Waals surface area contributed by atoms with Crippen LogP contribution in [0.15, 0.2) is 23.1 Å². The summed E-state index contributed by atoms with van der Waals surface area (Å²) < 4.78 is 16.8. The molecule has 88 valence electrons. The molecule has 0 spiro atoms. The van der Waals surface area contributed by atoms with Crippen molar-refractivity contribution in [3.8, 4) is 5.75 Å². The molecule has 0 aliphatic carbocycles. The summed E-state index contributed by atoms with van der Waals surface area (Å²) in [6, 6.07) is 4.86. The minimum atomic E-state index is -1.45. The Morgan fingerprint density at radius 2 is 2.25 bits per heavy atom. The number of hydrogen-bond acceptors (Lipinski definition) is 4. The third-order valence-corrected chi connectivity index (χ3v) is 3.38. The summed E-state index contributed by atoms with van der Waals surface area (Å²) in [5, 5.41) is 2.41. The molecule has 3 N–H and O–H groups in total. The zero-order valence-electron chi connectivity index (χ0n) is 9.15. The third-order valence-electron chi connectivity index (χ3n) is 2.01. The number of carbonyl (C=O) groups is 1. The Balaban J connectivity index is 2.93. The van der Waals surface area contributed by atoms with Gasteiger partial charge in [-0.15, -0.1) is 0 Å². The van der Waals surface area contributed by atoms with Gasteiger partial charge in [-0.3, -0.25) is 9.00 Å². The SMILES string of the molecule is CNC(=O)CS(=O)c1cc(OC)ccc1N. The summed E-state index contributed by atoms with van der Waals surface area (Å²) in [4.78, 5) is 11.5. The highest BCUT2D eigenvalue weighted by molar-refractivity contribution is 7.86. The number of rotatable bonds is 4. The second kappa shape index (κ2) is 5.50. The van der Waals surface area contributed by atoms with Crippen molar-refractivity contribution in [3.05, 3.63) is 18.2 Å². The Labute approximate surface area is 96.4 Å². The lowest BCUT2D eigenvalue weighted by Gasteiger charge is -2.07. The molecule has 1 rings (SSSR count). The predicted octanol–water partition coefficient (Wildman–Crippen LogP) is 0.131. The molecule has 1 amide bonds. The van der Waals surface area contributed by atoms with Crippen LogP contribution in [-0.2, 0) is 15.6 Å². The van der Waals surface area contributed by atoms with E-state index in [-0.39, 0.29) is 11.7 Å². The van der Waals surface area contributed by atoms with E-state index in [0.29, 0.717) is 16.3 Å². The van der Waals surface area contributed by atoms with Crippen LogP contribution in [0.25, 0.3) is 0 Å². The first-order chi connectivity index (χ1) is 7.58. The van der Waals surface area contributed by atoms with Crippen LogP contribution in [0.3, 0.4) is 0 Å². The molecule has 0 saturated heterocycles. The fourth-order valence-electron chi connectivity index (χ4n) is 1.11. The van der Waals surface area contributed by atoms with E-state index in [1.165, 1.54) is 14.2 Å². The van der Waals surface area contributed by atoms with Crippen LogP contribution in [0.4, 0.5) is 5.69 Å². The van der Waals surface area contributed by atoms with Crippen molar-refractivity contribution in [2.24, 2.45) is 0 Å². The number of hydrogen-bond donors (Lipinski definition) is 2. The molecule has 1 aromatic carbocycles. The molecule has 0 aliphatic rings. The number of nitrogen functional groups attached to an aromatic ring is 1. The van der Waals surface area contributed by atoms with E-state index in [4.69, 9.17) is 10.5 Å². The molecule has 0 aliphatic heterocycles. The van der Waals surface area contributed by atoms with Crippen molar-refractivity contribution < 1.29 is 13.7 Å². The molecule has 0 saturated carbocycles. The highest BCUT2D eigenvalue weighted by Gasteiger charge is 2.12. The van der Waals surface area contributed by atoms with Gasteiger partial charge in [0, 0.05) is 12.7 Å². The van der Waals surface area contributed by atoms with Crippen molar-refractivity contribution in [1.82, 2.24) is 5.32 Å². The molecule has 0 bridgehead atoms. The minimum absolute atomic E-state index is 0.103. The second-order valence-corrected chi connectivity index (χ2v) is 4.49. The zero-order valence-corrected chi connectivity index (χ0v) is 9.97. The molecule has 1 aromatic rings. The molecule has 0 heterocycles. The Kier molecular flexibility index (Phi) is 4.30. The van der Waals surface area contributed by atoms with Gasteiger partial charge in [0.05, 0.1) is 22.8 Å². The summed E-state index contributed by atoms with van der Waals surface area (Å²) in [6.07, 6.45) is 0. The maximum atomic E-state index is 11.8. The fraction of sp³-hybridized carbons (Fsp3) is 0.300. The van der Waals surface area contributed by atoms with Crippen LogP contribution < -0.4 is 15.8 Å². The molecule has 6 heteroatoms. The lowest BCUT2D eigenvalue weighted by atomic mass is 10.3. The highest BCUT2D eigenvalue weighted by atomic mass is 32.2. The van der Waals surface area contributed by atoms with Crippen LogP contribution >= 0.6 is 0 Å². The van der Waals surface area contributed by atoms with Gasteiger partial charge in [0.15, 0.2) is 0 Å². The number of carbonyl (C=O) groups excluding carboxylic acids is 1. The zero-order chi connectivity index (χ0) is 12.1. The monoisotopic (exact) mass is 242 g/mol. The maximum absolute atomic E-state index is 11.8. The number of benzene rings is 1. The van der Waals surface area contributed by atoms with E-state index in [1.807, 2.05) is 0 Å². The predicted molar refractivity (Wildman–Crippen MR) is 62.7 cm³/mol. The summed E-state index contributed by atoms with van der Waals surface area (Å²) in [7, 11) is 1.55. The standard InChI is InChI=1S/C10H14N2O3S/c1-12-10(13)6-16(14)9-5-7(15-2)3-4-8(9)11/h3-5H,6,11H2,1-2H3,(H,12,13). The smallest absolute Gasteiger partial charge is 0.232 e. The first-order valence-electron chi connectivity index (χ1n) is 4.61. The van der Waals surface area contributed by atoms with Crippen LogP contribution in [0.2, 0.25) is 0 Å². The van der Waals surface area contributed by atoms with Crippen molar-refractivity contribution in [2.75, 3.05) is 25.6 Å². The van der Waals surface area contributed by atoms with Gasteiger partial charge in [0.1, 0.15) is 11.5 Å². The number of methoxy groups -OCH3 is 1. The van der Waals surface area contributed by atoms with Crippen molar-refractivity contribution in [3.63, 3.8) is 0 Å². The Morgan fingerprint density at radius 3 is 2.81 bits per heavy atom. The Bertz CT molecular complexity index is 421. The number of anilines is 1. The number of amides is 1. The van der Waals surface area contributed by atoms with Crippen molar-refractivity contribution in [2.45, 2.75) is 4.90 Å². The molecule has 0 fully saturated rings. The van der Waals surface area contributed by atoms with E-state index in [2.05, 4.69) is 5.32 Å². The van der Waals surface area contributed by atoms with E-state index in [0.717, 1.165) is 0 Å². The van der Waals surface area contributed by atoms with Gasteiger partial charge < -0.3 is 15.8 Å². The molecule has 16 heavy (non-hydrogen) atoms. The van der Waals surface area contributed by atoms with Crippen LogP contribution in [0, 0.1) is 0 Å². The lowest BCUT2D eigenvalue weighted by Crippen LogP contribution is -2.24.